The number of hydrogen-bond acceptors (Lipinski definition) is 6. The van der Waals surface area contributed by atoms with E-state index >= 15 is 0 Å². The fourth-order valence-corrected chi connectivity index (χ4v) is 4.76. The number of ketones is 1. The zero-order valence-electron chi connectivity index (χ0n) is 17.9. The minimum absolute atomic E-state index is 0.0856. The molecule has 2 heterocycles. The second-order valence-electron chi connectivity index (χ2n) is 7.92. The summed E-state index contributed by atoms with van der Waals surface area (Å²) in [5.74, 6) is -0.904. The van der Waals surface area contributed by atoms with Crippen molar-refractivity contribution in [2.45, 2.75) is 19.4 Å². The van der Waals surface area contributed by atoms with Gasteiger partial charge >= 0.3 is 5.76 Å². The first-order chi connectivity index (χ1) is 16.8. The standard InChI is InChI=1S/C24H16BrClN4O5/c25-17-6-3-13(26)9-15(17)16-10-21(33)30(18-7-8-19(31)22(16)18)11-20(32)27-14-4-1-12(2-5-14)23-28-24(34)35-29-23/h1-6,9-10H,7-8,11H2,(H,27,32)(H,28,29,34). The van der Waals surface area contributed by atoms with Crippen LogP contribution < -0.4 is 16.6 Å². The molecule has 0 unspecified atom stereocenters. The van der Waals surface area contributed by atoms with Crippen LogP contribution in [0.25, 0.3) is 22.5 Å². The molecule has 5 rings (SSSR count). The molecule has 2 aromatic carbocycles. The number of nitrogens with one attached hydrogen (secondary N) is 2. The first-order valence-electron chi connectivity index (χ1n) is 10.5. The van der Waals surface area contributed by atoms with E-state index in [9.17, 15) is 19.2 Å². The topological polar surface area (TPSA) is 127 Å². The van der Waals surface area contributed by atoms with E-state index in [1.807, 2.05) is 0 Å². The van der Waals surface area contributed by atoms with E-state index in [-0.39, 0.29) is 30.1 Å². The maximum absolute atomic E-state index is 13.0. The molecule has 1 aliphatic carbocycles. The van der Waals surface area contributed by atoms with E-state index in [1.54, 1.807) is 42.5 Å². The fraction of sp³-hybridized carbons (Fsp3) is 0.125. The number of benzene rings is 2. The van der Waals surface area contributed by atoms with E-state index < -0.39 is 11.7 Å². The van der Waals surface area contributed by atoms with Gasteiger partial charge in [-0.2, -0.15) is 0 Å². The number of hydrogen-bond donors (Lipinski definition) is 2. The number of rotatable bonds is 5. The van der Waals surface area contributed by atoms with Gasteiger partial charge in [0, 0.05) is 50.1 Å². The summed E-state index contributed by atoms with van der Waals surface area (Å²) in [7, 11) is 0. The number of H-pyrrole nitrogens is 1. The van der Waals surface area contributed by atoms with Gasteiger partial charge in [-0.1, -0.05) is 32.7 Å². The van der Waals surface area contributed by atoms with Gasteiger partial charge in [0.2, 0.25) is 5.91 Å². The van der Waals surface area contributed by atoms with Gasteiger partial charge in [-0.05, 0) is 54.4 Å². The quantitative estimate of drug-likeness (QED) is 0.383. The van der Waals surface area contributed by atoms with Gasteiger partial charge in [0.05, 0.1) is 0 Å². The largest absolute Gasteiger partial charge is 0.439 e. The van der Waals surface area contributed by atoms with Crippen molar-refractivity contribution < 1.29 is 14.1 Å². The molecule has 4 aromatic rings. The van der Waals surface area contributed by atoms with Crippen LogP contribution in [0.15, 0.2) is 67.1 Å². The summed E-state index contributed by atoms with van der Waals surface area (Å²) >= 11 is 9.62. The number of pyridine rings is 1. The average Bonchev–Trinajstić information content (AvgIpc) is 3.43. The molecule has 1 amide bonds. The Balaban J connectivity index is 1.42. The lowest BCUT2D eigenvalue weighted by Gasteiger charge is -2.16. The molecule has 2 aromatic heterocycles. The van der Waals surface area contributed by atoms with Crippen molar-refractivity contribution >= 4 is 44.9 Å². The normalized spacial score (nSPS) is 12.6. The summed E-state index contributed by atoms with van der Waals surface area (Å²) in [5.41, 5.74) is 2.82. The summed E-state index contributed by atoms with van der Waals surface area (Å²) < 4.78 is 6.53. The molecule has 0 atom stereocenters. The highest BCUT2D eigenvalue weighted by Gasteiger charge is 2.29. The fourth-order valence-electron chi connectivity index (χ4n) is 4.12. The van der Waals surface area contributed by atoms with Crippen LogP contribution in [0, 0.1) is 0 Å². The SMILES string of the molecule is O=C(Cn1c2c(c(-c3cc(Cl)ccc3Br)cc1=O)C(=O)CC2)Nc1ccc(-c2noc(=O)[nH]2)cc1. The van der Waals surface area contributed by atoms with Crippen LogP contribution in [-0.2, 0) is 17.8 Å². The van der Waals surface area contributed by atoms with E-state index in [4.69, 9.17) is 11.6 Å². The van der Waals surface area contributed by atoms with Gasteiger partial charge in [0.1, 0.15) is 6.54 Å². The first kappa shape index (κ1) is 23.0. The van der Waals surface area contributed by atoms with Crippen molar-refractivity contribution in [3.63, 3.8) is 0 Å². The Morgan fingerprint density at radius 2 is 1.86 bits per heavy atom. The molecule has 11 heteroatoms. The summed E-state index contributed by atoms with van der Waals surface area (Å²) in [6.07, 6.45) is 0.629. The molecule has 35 heavy (non-hydrogen) atoms. The molecule has 0 fully saturated rings. The Morgan fingerprint density at radius 3 is 2.57 bits per heavy atom. The monoisotopic (exact) mass is 554 g/mol. The molecule has 9 nitrogen and oxygen atoms in total. The number of nitrogens with zero attached hydrogens (tertiary/aromatic N) is 2. The minimum atomic E-state index is -0.664. The third-order valence-corrected chi connectivity index (χ3v) is 6.61. The van der Waals surface area contributed by atoms with Crippen LogP contribution in [0.1, 0.15) is 22.5 Å². The van der Waals surface area contributed by atoms with E-state index in [0.717, 1.165) is 0 Å². The molecular weight excluding hydrogens is 540 g/mol. The molecule has 0 spiro atoms. The van der Waals surface area contributed by atoms with Crippen molar-refractivity contribution in [3.8, 4) is 22.5 Å². The molecule has 0 saturated heterocycles. The van der Waals surface area contributed by atoms with Crippen molar-refractivity contribution in [1.82, 2.24) is 14.7 Å². The van der Waals surface area contributed by atoms with Gasteiger partial charge in [-0.3, -0.25) is 23.9 Å². The number of Topliss-reactive ketones (excluding diaryl/α,β-unsaturated/α-hetero) is 1. The Bertz CT molecular complexity index is 1600. The molecule has 0 aliphatic heterocycles. The molecule has 0 bridgehead atoms. The number of aromatic nitrogens is 3. The first-order valence-corrected chi connectivity index (χ1v) is 11.7. The van der Waals surface area contributed by atoms with Crippen LogP contribution in [0.5, 0.6) is 0 Å². The second-order valence-corrected chi connectivity index (χ2v) is 9.21. The highest BCUT2D eigenvalue weighted by Crippen LogP contribution is 2.36. The highest BCUT2D eigenvalue weighted by atomic mass is 79.9. The Morgan fingerprint density at radius 1 is 1.09 bits per heavy atom. The van der Waals surface area contributed by atoms with Crippen molar-refractivity contribution in [2.75, 3.05) is 5.32 Å². The Kier molecular flexibility index (Phi) is 6.00. The third kappa shape index (κ3) is 4.50. The van der Waals surface area contributed by atoms with Gasteiger partial charge < -0.3 is 9.88 Å². The lowest BCUT2D eigenvalue weighted by molar-refractivity contribution is -0.116. The maximum Gasteiger partial charge on any atom is 0.439 e. The third-order valence-electron chi connectivity index (χ3n) is 5.69. The number of anilines is 1. The number of fused-ring (bicyclic) bond motifs is 1. The number of amides is 1. The Labute approximate surface area is 210 Å². The van der Waals surface area contributed by atoms with Crippen LogP contribution in [0.2, 0.25) is 5.02 Å². The van der Waals surface area contributed by atoms with Gasteiger partial charge in [-0.25, -0.2) is 4.79 Å². The molecule has 1 aliphatic rings. The van der Waals surface area contributed by atoms with Gasteiger partial charge in [0.15, 0.2) is 11.6 Å². The summed E-state index contributed by atoms with van der Waals surface area (Å²) in [6.45, 7) is -0.246. The Hall–Kier alpha value is -3.76. The number of halogens is 2. The molecule has 0 saturated carbocycles. The summed E-state index contributed by atoms with van der Waals surface area (Å²) in [5, 5.41) is 6.84. The minimum Gasteiger partial charge on any atom is -0.325 e. The second kappa shape index (κ2) is 9.12. The van der Waals surface area contributed by atoms with Crippen LogP contribution in [-0.4, -0.2) is 26.4 Å². The summed E-state index contributed by atoms with van der Waals surface area (Å²) in [6, 6.07) is 13.1. The van der Waals surface area contributed by atoms with E-state index in [2.05, 4.69) is 35.9 Å². The molecule has 0 radical (unpaired) electrons. The average molecular weight is 556 g/mol. The number of carbonyl (C=O) groups excluding carboxylic acids is 2. The molecule has 176 valence electrons. The predicted molar refractivity (Wildman–Crippen MR) is 133 cm³/mol. The molecular formula is C24H16BrClN4O5. The van der Waals surface area contributed by atoms with E-state index in [0.29, 0.717) is 49.6 Å². The zero-order chi connectivity index (χ0) is 24.7. The smallest absolute Gasteiger partial charge is 0.325 e. The predicted octanol–water partition coefficient (Wildman–Crippen LogP) is 4.04. The molecule has 2 N–H and O–H groups in total. The van der Waals surface area contributed by atoms with Gasteiger partial charge in [-0.15, -0.1) is 0 Å². The number of aromatic amines is 1. The van der Waals surface area contributed by atoms with Gasteiger partial charge in [0.25, 0.3) is 5.56 Å². The number of carbonyl (C=O) groups is 2. The van der Waals surface area contributed by atoms with Crippen LogP contribution in [0.4, 0.5) is 5.69 Å². The summed E-state index contributed by atoms with van der Waals surface area (Å²) in [4.78, 5) is 52.1. The van der Waals surface area contributed by atoms with Crippen molar-refractivity contribution in [1.29, 1.82) is 0 Å². The van der Waals surface area contributed by atoms with Crippen molar-refractivity contribution in [3.05, 3.63) is 90.2 Å². The van der Waals surface area contributed by atoms with Crippen LogP contribution in [0.3, 0.4) is 0 Å². The van der Waals surface area contributed by atoms with Crippen molar-refractivity contribution in [2.24, 2.45) is 0 Å². The zero-order valence-corrected chi connectivity index (χ0v) is 20.3. The lowest BCUT2D eigenvalue weighted by atomic mass is 9.99. The highest BCUT2D eigenvalue weighted by molar-refractivity contribution is 9.10. The van der Waals surface area contributed by atoms with Crippen LogP contribution >= 0.6 is 27.5 Å². The van der Waals surface area contributed by atoms with E-state index in [1.165, 1.54) is 10.6 Å². The lowest BCUT2D eigenvalue weighted by Crippen LogP contribution is -2.30. The maximum atomic E-state index is 13.0.